The highest BCUT2D eigenvalue weighted by molar-refractivity contribution is 6.13. The minimum atomic E-state index is -0.0911. The van der Waals surface area contributed by atoms with Crippen molar-refractivity contribution in [3.05, 3.63) is 60.3 Å². The molecule has 0 aliphatic rings. The van der Waals surface area contributed by atoms with Gasteiger partial charge in [0, 0.05) is 23.1 Å². The summed E-state index contributed by atoms with van der Waals surface area (Å²) in [5, 5.41) is 10.5. The highest BCUT2D eigenvalue weighted by Gasteiger charge is 2.21. The summed E-state index contributed by atoms with van der Waals surface area (Å²) in [6, 6.07) is 14.7. The second kappa shape index (κ2) is 9.26. The molecule has 0 saturated carbocycles. The van der Waals surface area contributed by atoms with Crippen LogP contribution in [0.1, 0.15) is 55.8 Å². The van der Waals surface area contributed by atoms with Crippen LogP contribution >= 0.6 is 0 Å². The molecular formula is C23H27N2O2. The van der Waals surface area contributed by atoms with E-state index in [9.17, 15) is 9.90 Å². The molecule has 4 heteroatoms. The number of nitrogens with zero attached hydrogens (tertiary/aromatic N) is 1. The van der Waals surface area contributed by atoms with Crippen molar-refractivity contribution in [2.45, 2.75) is 45.4 Å². The maximum atomic E-state index is 13.3. The molecule has 0 aliphatic carbocycles. The number of aromatic hydroxyl groups is 1. The number of fused-ring (bicyclic) bond motifs is 1. The summed E-state index contributed by atoms with van der Waals surface area (Å²) in [6.07, 6.45) is 10.0. The first-order valence-corrected chi connectivity index (χ1v) is 9.80. The van der Waals surface area contributed by atoms with Crippen molar-refractivity contribution in [3.63, 3.8) is 0 Å². The molecule has 3 rings (SSSR count). The van der Waals surface area contributed by atoms with Crippen LogP contribution in [0.2, 0.25) is 0 Å². The number of aromatic nitrogens is 1. The summed E-state index contributed by atoms with van der Waals surface area (Å²) in [4.78, 5) is 18.1. The van der Waals surface area contributed by atoms with Crippen molar-refractivity contribution >= 4 is 22.5 Å². The van der Waals surface area contributed by atoms with Gasteiger partial charge in [-0.2, -0.15) is 0 Å². The van der Waals surface area contributed by atoms with E-state index < -0.39 is 0 Å². The molecule has 1 aromatic heterocycles. The Morgan fingerprint density at radius 3 is 2.56 bits per heavy atom. The Morgan fingerprint density at radius 1 is 1.04 bits per heavy atom. The van der Waals surface area contributed by atoms with Gasteiger partial charge in [0.05, 0.1) is 11.8 Å². The number of phenols is 1. The predicted molar refractivity (Wildman–Crippen MR) is 110 cm³/mol. The molecular weight excluding hydrogens is 336 g/mol. The minimum Gasteiger partial charge on any atom is -0.508 e. The molecule has 0 spiro atoms. The van der Waals surface area contributed by atoms with Crippen LogP contribution in [0, 0.1) is 6.20 Å². The van der Waals surface area contributed by atoms with Crippen molar-refractivity contribution in [2.24, 2.45) is 0 Å². The summed E-state index contributed by atoms with van der Waals surface area (Å²) < 4.78 is 0. The van der Waals surface area contributed by atoms with E-state index in [2.05, 4.69) is 18.1 Å². The van der Waals surface area contributed by atoms with E-state index in [-0.39, 0.29) is 11.7 Å². The van der Waals surface area contributed by atoms with Gasteiger partial charge in [-0.25, -0.2) is 0 Å². The van der Waals surface area contributed by atoms with Gasteiger partial charge in [0.1, 0.15) is 5.75 Å². The topological polar surface area (TPSA) is 56.3 Å². The summed E-state index contributed by atoms with van der Waals surface area (Å²) in [5.41, 5.74) is 2.15. The monoisotopic (exact) mass is 363 g/mol. The van der Waals surface area contributed by atoms with Gasteiger partial charge in [-0.1, -0.05) is 57.2 Å². The number of hydrogen-bond donors (Lipinski definition) is 2. The molecule has 0 bridgehead atoms. The third-order valence-corrected chi connectivity index (χ3v) is 4.86. The number of carbonyl (C=O) groups excluding carboxylic acids is 1. The molecule has 0 saturated heterocycles. The maximum Gasteiger partial charge on any atom is 0.261 e. The lowest BCUT2D eigenvalue weighted by atomic mass is 10.1. The fourth-order valence-electron chi connectivity index (χ4n) is 3.35. The Bertz CT molecular complexity index is 870. The van der Waals surface area contributed by atoms with Gasteiger partial charge >= 0.3 is 0 Å². The average molecular weight is 363 g/mol. The molecule has 0 fully saturated rings. The number of benzene rings is 2. The Labute approximate surface area is 160 Å². The van der Waals surface area contributed by atoms with Crippen molar-refractivity contribution in [2.75, 3.05) is 11.4 Å². The molecule has 2 N–H and O–H groups in total. The molecule has 27 heavy (non-hydrogen) atoms. The number of hydrogen-bond acceptors (Lipinski definition) is 2. The fraction of sp³-hybridized carbons (Fsp3) is 0.348. The Morgan fingerprint density at radius 2 is 1.78 bits per heavy atom. The lowest BCUT2D eigenvalue weighted by Crippen LogP contribution is -2.31. The standard InChI is InChI=1S/C23H27N2O2/c1-2-3-4-5-6-10-15-25(18-11-8-7-9-12-18)23(27)21-17-24-22-14-13-19(26)16-20(21)22/h7-9,11-14,16,24,26H,2-6,10,15H2,1H3. The predicted octanol–water partition coefficient (Wildman–Crippen LogP) is 5.68. The van der Waals surface area contributed by atoms with E-state index in [1.807, 2.05) is 35.2 Å². The van der Waals surface area contributed by atoms with Gasteiger partial charge in [0.15, 0.2) is 0 Å². The maximum absolute atomic E-state index is 13.3. The lowest BCUT2D eigenvalue weighted by molar-refractivity contribution is 0.0988. The van der Waals surface area contributed by atoms with Crippen LogP contribution in [0.5, 0.6) is 5.75 Å². The summed E-state index contributed by atoms with van der Waals surface area (Å²) in [7, 11) is 0. The number of amides is 1. The van der Waals surface area contributed by atoms with Gasteiger partial charge in [0.2, 0.25) is 0 Å². The van der Waals surface area contributed by atoms with Crippen molar-refractivity contribution in [1.82, 2.24) is 4.98 Å². The molecule has 3 aromatic rings. The molecule has 1 amide bonds. The van der Waals surface area contributed by atoms with E-state index in [1.54, 1.807) is 18.2 Å². The van der Waals surface area contributed by atoms with Gasteiger partial charge in [-0.05, 0) is 36.8 Å². The normalized spacial score (nSPS) is 11.0. The van der Waals surface area contributed by atoms with E-state index in [4.69, 9.17) is 0 Å². The third-order valence-electron chi connectivity index (χ3n) is 4.86. The summed E-state index contributed by atoms with van der Waals surface area (Å²) in [5.74, 6) is 0.0540. The second-order valence-corrected chi connectivity index (χ2v) is 6.91. The zero-order chi connectivity index (χ0) is 19.1. The van der Waals surface area contributed by atoms with Crippen LogP contribution in [0.25, 0.3) is 10.9 Å². The van der Waals surface area contributed by atoms with Gasteiger partial charge < -0.3 is 15.0 Å². The molecule has 1 heterocycles. The number of carbonyl (C=O) groups is 1. The smallest absolute Gasteiger partial charge is 0.261 e. The SMILES string of the molecule is CCCCCCCCN(C(=O)c1[c][nH]c2ccc(O)cc12)c1ccccc1. The number of nitrogens with one attached hydrogen (secondary N) is 1. The number of phenolic OH excluding ortho intramolecular Hbond substituents is 1. The quantitative estimate of drug-likeness (QED) is 0.480. The van der Waals surface area contributed by atoms with Crippen molar-refractivity contribution < 1.29 is 9.90 Å². The fourth-order valence-corrected chi connectivity index (χ4v) is 3.35. The number of aromatic amines is 1. The Hall–Kier alpha value is -2.75. The zero-order valence-electron chi connectivity index (χ0n) is 15.9. The molecule has 141 valence electrons. The van der Waals surface area contributed by atoms with E-state index in [0.29, 0.717) is 17.5 Å². The van der Waals surface area contributed by atoms with Crippen LogP contribution in [0.15, 0.2) is 48.5 Å². The minimum absolute atomic E-state index is 0.0911. The largest absolute Gasteiger partial charge is 0.508 e. The number of anilines is 1. The molecule has 0 atom stereocenters. The second-order valence-electron chi connectivity index (χ2n) is 6.91. The van der Waals surface area contributed by atoms with E-state index in [1.165, 1.54) is 25.7 Å². The first kappa shape index (κ1) is 19.0. The zero-order valence-corrected chi connectivity index (χ0v) is 15.9. The van der Waals surface area contributed by atoms with Crippen molar-refractivity contribution in [3.8, 4) is 5.75 Å². The van der Waals surface area contributed by atoms with Crippen LogP contribution in [0.3, 0.4) is 0 Å². The number of para-hydroxylation sites is 1. The lowest BCUT2D eigenvalue weighted by Gasteiger charge is -2.22. The van der Waals surface area contributed by atoms with Crippen LogP contribution in [0.4, 0.5) is 5.69 Å². The van der Waals surface area contributed by atoms with Crippen LogP contribution in [-0.2, 0) is 0 Å². The van der Waals surface area contributed by atoms with Gasteiger partial charge in [-0.3, -0.25) is 4.79 Å². The average Bonchev–Trinajstić information content (AvgIpc) is 3.10. The number of unbranched alkanes of at least 4 members (excludes halogenated alkanes) is 5. The van der Waals surface area contributed by atoms with Crippen LogP contribution in [-0.4, -0.2) is 22.5 Å². The van der Waals surface area contributed by atoms with Gasteiger partial charge in [-0.15, -0.1) is 0 Å². The molecule has 1 radical (unpaired) electrons. The first-order valence-electron chi connectivity index (χ1n) is 9.80. The summed E-state index contributed by atoms with van der Waals surface area (Å²) >= 11 is 0. The molecule has 4 nitrogen and oxygen atoms in total. The molecule has 0 unspecified atom stereocenters. The van der Waals surface area contributed by atoms with E-state index in [0.717, 1.165) is 24.0 Å². The third kappa shape index (κ3) is 4.70. The number of rotatable bonds is 9. The summed E-state index contributed by atoms with van der Waals surface area (Å²) in [6.45, 7) is 2.89. The van der Waals surface area contributed by atoms with Crippen molar-refractivity contribution in [1.29, 1.82) is 0 Å². The van der Waals surface area contributed by atoms with Crippen LogP contribution < -0.4 is 4.90 Å². The highest BCUT2D eigenvalue weighted by atomic mass is 16.3. The highest BCUT2D eigenvalue weighted by Crippen LogP contribution is 2.26. The Balaban J connectivity index is 1.79. The Kier molecular flexibility index (Phi) is 6.53. The van der Waals surface area contributed by atoms with Gasteiger partial charge in [0.25, 0.3) is 5.91 Å². The molecule has 2 aromatic carbocycles. The first-order chi connectivity index (χ1) is 13.2. The van der Waals surface area contributed by atoms with E-state index >= 15 is 0 Å². The molecule has 0 aliphatic heterocycles. The number of H-pyrrole nitrogens is 1.